The van der Waals surface area contributed by atoms with Gasteiger partial charge < -0.3 is 8.83 Å². The molecule has 0 fully saturated rings. The van der Waals surface area contributed by atoms with Crippen LogP contribution in [0.25, 0.3) is 44.6 Å². The largest absolute Gasteiger partial charge is 0.455 e. The number of fused-ring (bicyclic) bond motifs is 12. The van der Waals surface area contributed by atoms with E-state index in [1.807, 2.05) is 0 Å². The smallest absolute Gasteiger partial charge is 0.139 e. The van der Waals surface area contributed by atoms with E-state index in [-0.39, 0.29) is 0 Å². The van der Waals surface area contributed by atoms with Crippen molar-refractivity contribution in [1.82, 2.24) is 0 Å². The van der Waals surface area contributed by atoms with Gasteiger partial charge >= 0.3 is 0 Å². The Labute approximate surface area is 104 Å². The number of rotatable bonds is 0. The lowest BCUT2D eigenvalue weighted by atomic mass is 9.77. The molecule has 0 saturated heterocycles. The van der Waals surface area contributed by atoms with Crippen LogP contribution in [0.4, 0.5) is 0 Å². The number of hydrogen-bond donors (Lipinski definition) is 0. The molecule has 2 heteroatoms. The van der Waals surface area contributed by atoms with Gasteiger partial charge in [0, 0.05) is 22.3 Å². The first-order valence-corrected chi connectivity index (χ1v) is 6.32. The van der Waals surface area contributed by atoms with E-state index in [4.69, 9.17) is 8.83 Å². The van der Waals surface area contributed by atoms with Crippen LogP contribution in [0.5, 0.6) is 0 Å². The molecule has 1 aliphatic rings. The lowest BCUT2D eigenvalue weighted by Gasteiger charge is -2.19. The molecule has 0 amide bonds. The summed E-state index contributed by atoms with van der Waals surface area (Å²) in [5.41, 5.74) is 14.5. The van der Waals surface area contributed by atoms with Crippen LogP contribution in [-0.2, 0) is 0 Å². The van der Waals surface area contributed by atoms with Crippen LogP contribution in [0.1, 0.15) is 22.3 Å². The molecule has 0 unspecified atom stereocenters. The highest BCUT2D eigenvalue weighted by atomic mass is 16.3. The van der Waals surface area contributed by atoms with Crippen molar-refractivity contribution >= 4 is 22.3 Å². The molecule has 2 nitrogen and oxygen atoms in total. The molecule has 0 saturated carbocycles. The van der Waals surface area contributed by atoms with Crippen molar-refractivity contribution in [3.05, 3.63) is 22.3 Å². The van der Waals surface area contributed by atoms with Crippen LogP contribution in [-0.4, -0.2) is 0 Å². The molecule has 0 aromatic carbocycles. The fraction of sp³-hybridized carbons (Fsp3) is 0.250. The molecule has 0 N–H and O–H groups in total. The van der Waals surface area contributed by atoms with Gasteiger partial charge in [-0.3, -0.25) is 0 Å². The van der Waals surface area contributed by atoms with E-state index in [2.05, 4.69) is 27.7 Å². The summed E-state index contributed by atoms with van der Waals surface area (Å²) in [6, 6.07) is 0. The van der Waals surface area contributed by atoms with Crippen molar-refractivity contribution in [1.29, 1.82) is 0 Å². The molecule has 88 valence electrons. The summed E-state index contributed by atoms with van der Waals surface area (Å²) in [6.07, 6.45) is 0. The molecule has 4 heterocycles. The van der Waals surface area contributed by atoms with Crippen LogP contribution >= 0.6 is 0 Å². The van der Waals surface area contributed by atoms with Gasteiger partial charge in [0.15, 0.2) is 0 Å². The third-order valence-corrected chi connectivity index (χ3v) is 4.80. The minimum atomic E-state index is 1.06. The van der Waals surface area contributed by atoms with Crippen molar-refractivity contribution in [2.24, 2.45) is 0 Å². The molecular formula is C16H12O2. The van der Waals surface area contributed by atoms with Crippen LogP contribution in [0.2, 0.25) is 0 Å². The van der Waals surface area contributed by atoms with E-state index in [0.29, 0.717) is 0 Å². The highest BCUT2D eigenvalue weighted by molar-refractivity contribution is 6.26. The molecule has 0 aliphatic heterocycles. The Bertz CT molecular complexity index is 782. The summed E-state index contributed by atoms with van der Waals surface area (Å²) in [7, 11) is 0. The minimum absolute atomic E-state index is 1.06. The van der Waals surface area contributed by atoms with Gasteiger partial charge in [-0.2, -0.15) is 0 Å². The summed E-state index contributed by atoms with van der Waals surface area (Å²) in [6.45, 7) is 8.55. The maximum absolute atomic E-state index is 5.96. The van der Waals surface area contributed by atoms with Crippen molar-refractivity contribution in [2.75, 3.05) is 0 Å². The Morgan fingerprint density at radius 2 is 0.667 bits per heavy atom. The van der Waals surface area contributed by atoms with Gasteiger partial charge in [0.05, 0.1) is 0 Å². The molecule has 0 spiro atoms. The number of aryl methyl sites for hydroxylation is 4. The first kappa shape index (κ1) is 9.03. The normalized spacial score (nSPS) is 13.6. The molecule has 18 heavy (non-hydrogen) atoms. The molecular weight excluding hydrogens is 224 g/mol. The molecule has 4 aromatic heterocycles. The zero-order valence-electron chi connectivity index (χ0n) is 10.8. The first-order chi connectivity index (χ1) is 8.61. The van der Waals surface area contributed by atoms with E-state index < -0.39 is 0 Å². The lowest BCUT2D eigenvalue weighted by Crippen LogP contribution is -1.99. The second kappa shape index (κ2) is 2.28. The summed E-state index contributed by atoms with van der Waals surface area (Å²) < 4.78 is 11.9. The lowest BCUT2D eigenvalue weighted by molar-refractivity contribution is 0.669. The van der Waals surface area contributed by atoms with Gasteiger partial charge in [-0.25, -0.2) is 0 Å². The Morgan fingerprint density at radius 1 is 0.444 bits per heavy atom. The van der Waals surface area contributed by atoms with Crippen molar-refractivity contribution < 1.29 is 8.83 Å². The van der Waals surface area contributed by atoms with Crippen LogP contribution in [0.3, 0.4) is 0 Å². The Hall–Kier alpha value is -1.96. The fourth-order valence-corrected chi connectivity index (χ4v) is 3.49. The zero-order chi connectivity index (χ0) is 12.3. The molecule has 4 aromatic rings. The van der Waals surface area contributed by atoms with E-state index in [1.54, 1.807) is 0 Å². The minimum Gasteiger partial charge on any atom is -0.455 e. The van der Waals surface area contributed by atoms with Gasteiger partial charge in [0.1, 0.15) is 22.3 Å². The highest BCUT2D eigenvalue weighted by Gasteiger charge is 2.41. The second-order valence-electron chi connectivity index (χ2n) is 5.52. The summed E-state index contributed by atoms with van der Waals surface area (Å²) in [5, 5.41) is 0. The third-order valence-electron chi connectivity index (χ3n) is 4.80. The average Bonchev–Trinajstić information content (AvgIpc) is 2.97. The maximum Gasteiger partial charge on any atom is 0.139 e. The molecule has 4 bridgehead atoms. The monoisotopic (exact) mass is 236 g/mol. The highest BCUT2D eigenvalue weighted by Crippen LogP contribution is 2.63. The van der Waals surface area contributed by atoms with E-state index in [9.17, 15) is 0 Å². The van der Waals surface area contributed by atoms with Crippen LogP contribution in [0, 0.1) is 27.7 Å². The van der Waals surface area contributed by atoms with Crippen LogP contribution < -0.4 is 0 Å². The topological polar surface area (TPSA) is 26.3 Å². The average molecular weight is 236 g/mol. The maximum atomic E-state index is 5.96. The fourth-order valence-electron chi connectivity index (χ4n) is 3.49. The first-order valence-electron chi connectivity index (χ1n) is 6.32. The SMILES string of the molecule is Cc1c(C)c2oc1c1c2-c2c-1c1oc2c(C)c1C. The van der Waals surface area contributed by atoms with E-state index in [0.717, 1.165) is 22.3 Å². The van der Waals surface area contributed by atoms with E-state index >= 15 is 0 Å². The van der Waals surface area contributed by atoms with Crippen LogP contribution in [0.15, 0.2) is 8.83 Å². The van der Waals surface area contributed by atoms with Crippen molar-refractivity contribution in [3.8, 4) is 22.3 Å². The zero-order valence-corrected chi connectivity index (χ0v) is 10.8. The summed E-state index contributed by atoms with van der Waals surface area (Å²) >= 11 is 0. The van der Waals surface area contributed by atoms with Crippen molar-refractivity contribution in [3.63, 3.8) is 0 Å². The van der Waals surface area contributed by atoms with Gasteiger partial charge in [-0.05, 0) is 49.9 Å². The molecule has 0 radical (unpaired) electrons. The van der Waals surface area contributed by atoms with Gasteiger partial charge in [-0.15, -0.1) is 0 Å². The predicted molar refractivity (Wildman–Crippen MR) is 71.7 cm³/mol. The second-order valence-corrected chi connectivity index (χ2v) is 5.52. The number of hydrogen-bond acceptors (Lipinski definition) is 2. The molecule has 1 aliphatic carbocycles. The third kappa shape index (κ3) is 0.620. The Balaban J connectivity index is 2.02. The Morgan fingerprint density at radius 3 is 0.889 bits per heavy atom. The predicted octanol–water partition coefficient (Wildman–Crippen LogP) is 4.94. The molecule has 0 atom stereocenters. The van der Waals surface area contributed by atoms with Gasteiger partial charge in [-0.1, -0.05) is 0 Å². The number of furan rings is 4. The summed E-state index contributed by atoms with van der Waals surface area (Å²) in [5.74, 6) is 0. The van der Waals surface area contributed by atoms with E-state index in [1.165, 1.54) is 44.5 Å². The Kier molecular flexibility index (Phi) is 1.15. The molecule has 5 rings (SSSR count). The standard InChI is InChI=1S/C16H12O2/c1-5-6(2)14-10-9(13(5)17-14)11-12(10)16-8(4)7(3)15(11)18-16/h1-4H3. The van der Waals surface area contributed by atoms with Gasteiger partial charge in [0.25, 0.3) is 0 Å². The number of benzene rings is 2. The van der Waals surface area contributed by atoms with Gasteiger partial charge in [0.2, 0.25) is 0 Å². The quantitative estimate of drug-likeness (QED) is 0.381. The summed E-state index contributed by atoms with van der Waals surface area (Å²) in [4.78, 5) is 0. The van der Waals surface area contributed by atoms with Crippen molar-refractivity contribution in [2.45, 2.75) is 27.7 Å².